The number of benzene rings is 2. The zero-order valence-electron chi connectivity index (χ0n) is 15.9. The number of sulfone groups is 1. The standard InChI is InChI=1S/C21H22N2O3S2/c1-14-8-9-18-19(15(14)2)22-21(27-18)23(12-16-6-4-3-5-7-16)20(24)17-10-11-28(25,26)13-17/h3-9,17H,10-13H2,1-2H3. The van der Waals surface area contributed by atoms with Crippen LogP contribution in [0.15, 0.2) is 42.5 Å². The van der Waals surface area contributed by atoms with Gasteiger partial charge in [-0.2, -0.15) is 0 Å². The number of hydrogen-bond acceptors (Lipinski definition) is 5. The van der Waals surface area contributed by atoms with Crippen molar-refractivity contribution in [2.24, 2.45) is 5.92 Å². The molecule has 4 rings (SSSR count). The van der Waals surface area contributed by atoms with Gasteiger partial charge in [-0.25, -0.2) is 13.4 Å². The van der Waals surface area contributed by atoms with Crippen molar-refractivity contribution in [2.75, 3.05) is 16.4 Å². The van der Waals surface area contributed by atoms with Gasteiger partial charge >= 0.3 is 0 Å². The Morgan fingerprint density at radius 1 is 1.18 bits per heavy atom. The predicted molar refractivity (Wildman–Crippen MR) is 113 cm³/mol. The van der Waals surface area contributed by atoms with E-state index in [2.05, 4.69) is 6.07 Å². The maximum Gasteiger partial charge on any atom is 0.233 e. The molecule has 1 atom stereocenters. The molecule has 5 nitrogen and oxygen atoms in total. The minimum absolute atomic E-state index is 0.0693. The van der Waals surface area contributed by atoms with Gasteiger partial charge in [0.25, 0.3) is 0 Å². The number of rotatable bonds is 4. The molecule has 1 fully saturated rings. The summed E-state index contributed by atoms with van der Waals surface area (Å²) in [6.45, 7) is 4.46. The minimum atomic E-state index is -3.13. The van der Waals surface area contributed by atoms with Crippen LogP contribution in [0, 0.1) is 19.8 Å². The maximum atomic E-state index is 13.3. The molecule has 146 valence electrons. The van der Waals surface area contributed by atoms with Crippen molar-refractivity contribution < 1.29 is 13.2 Å². The van der Waals surface area contributed by atoms with Crippen LogP contribution >= 0.6 is 11.3 Å². The van der Waals surface area contributed by atoms with E-state index in [1.54, 1.807) is 4.90 Å². The summed E-state index contributed by atoms with van der Waals surface area (Å²) < 4.78 is 24.8. The molecule has 1 saturated heterocycles. The molecular formula is C21H22N2O3S2. The molecule has 28 heavy (non-hydrogen) atoms. The summed E-state index contributed by atoms with van der Waals surface area (Å²) in [7, 11) is -3.13. The molecule has 1 unspecified atom stereocenters. The Bertz CT molecular complexity index is 1140. The number of nitrogens with zero attached hydrogens (tertiary/aromatic N) is 2. The summed E-state index contributed by atoms with van der Waals surface area (Å²) >= 11 is 1.48. The summed E-state index contributed by atoms with van der Waals surface area (Å²) in [6, 6.07) is 13.8. The second kappa shape index (κ2) is 7.29. The summed E-state index contributed by atoms with van der Waals surface area (Å²) in [5.41, 5.74) is 4.16. The van der Waals surface area contributed by atoms with Gasteiger partial charge in [0.1, 0.15) is 0 Å². The maximum absolute atomic E-state index is 13.3. The number of anilines is 1. The van der Waals surface area contributed by atoms with Crippen molar-refractivity contribution >= 4 is 42.4 Å². The molecule has 1 aliphatic rings. The highest BCUT2D eigenvalue weighted by atomic mass is 32.2. The Morgan fingerprint density at radius 2 is 1.93 bits per heavy atom. The van der Waals surface area contributed by atoms with E-state index in [-0.39, 0.29) is 17.4 Å². The van der Waals surface area contributed by atoms with E-state index >= 15 is 0 Å². The Balaban J connectivity index is 1.74. The molecule has 0 N–H and O–H groups in total. The number of thiazole rings is 1. The smallest absolute Gasteiger partial charge is 0.233 e. The molecular weight excluding hydrogens is 392 g/mol. The first-order valence-electron chi connectivity index (χ1n) is 9.26. The Kier molecular flexibility index (Phi) is 4.97. The largest absolute Gasteiger partial charge is 0.283 e. The summed E-state index contributed by atoms with van der Waals surface area (Å²) in [6.07, 6.45) is 0.384. The quantitative estimate of drug-likeness (QED) is 0.650. The van der Waals surface area contributed by atoms with Gasteiger partial charge in [-0.3, -0.25) is 9.69 Å². The number of aromatic nitrogens is 1. The molecule has 7 heteroatoms. The zero-order chi connectivity index (χ0) is 19.9. The SMILES string of the molecule is Cc1ccc2sc(N(Cc3ccccc3)C(=O)C3CCS(=O)(=O)C3)nc2c1C. The first kappa shape index (κ1) is 19.1. The number of carbonyl (C=O) groups is 1. The van der Waals surface area contributed by atoms with Crippen molar-refractivity contribution in [3.8, 4) is 0 Å². The molecule has 0 radical (unpaired) electrons. The summed E-state index contributed by atoms with van der Waals surface area (Å²) in [4.78, 5) is 19.7. The van der Waals surface area contributed by atoms with Crippen LogP contribution in [0.3, 0.4) is 0 Å². The van der Waals surface area contributed by atoms with E-state index in [0.717, 1.165) is 26.9 Å². The molecule has 0 aliphatic carbocycles. The lowest BCUT2D eigenvalue weighted by Gasteiger charge is -2.23. The average Bonchev–Trinajstić information content (AvgIpc) is 3.27. The van der Waals surface area contributed by atoms with Gasteiger partial charge in [-0.05, 0) is 43.0 Å². The number of hydrogen-bond donors (Lipinski definition) is 0. The Labute approximate surface area is 168 Å². The first-order chi connectivity index (χ1) is 13.3. The fourth-order valence-corrected chi connectivity index (χ4v) is 6.31. The van der Waals surface area contributed by atoms with E-state index in [9.17, 15) is 13.2 Å². The third-order valence-electron chi connectivity index (χ3n) is 5.34. The van der Waals surface area contributed by atoms with Gasteiger partial charge in [0.2, 0.25) is 5.91 Å². The van der Waals surface area contributed by atoms with Gasteiger partial charge in [0.15, 0.2) is 15.0 Å². The fraction of sp³-hybridized carbons (Fsp3) is 0.333. The van der Waals surface area contributed by atoms with Crippen molar-refractivity contribution in [1.82, 2.24) is 4.98 Å². The van der Waals surface area contributed by atoms with Crippen LogP contribution in [0.4, 0.5) is 5.13 Å². The van der Waals surface area contributed by atoms with Gasteiger partial charge in [0, 0.05) is 0 Å². The lowest BCUT2D eigenvalue weighted by Crippen LogP contribution is -2.36. The second-order valence-electron chi connectivity index (χ2n) is 7.36. The lowest BCUT2D eigenvalue weighted by molar-refractivity contribution is -0.121. The molecule has 1 amide bonds. The Hall–Kier alpha value is -2.25. The van der Waals surface area contributed by atoms with Crippen molar-refractivity contribution in [3.63, 3.8) is 0 Å². The average molecular weight is 415 g/mol. The van der Waals surface area contributed by atoms with E-state index in [1.807, 2.05) is 50.2 Å². The first-order valence-corrected chi connectivity index (χ1v) is 11.9. The van der Waals surface area contributed by atoms with Crippen molar-refractivity contribution in [1.29, 1.82) is 0 Å². The third-order valence-corrected chi connectivity index (χ3v) is 8.15. The fourth-order valence-electron chi connectivity index (χ4n) is 3.55. The van der Waals surface area contributed by atoms with Gasteiger partial charge < -0.3 is 0 Å². The normalized spacial score (nSPS) is 18.4. The highest BCUT2D eigenvalue weighted by Crippen LogP contribution is 2.34. The predicted octanol–water partition coefficient (Wildman–Crippen LogP) is 3.88. The van der Waals surface area contributed by atoms with Crippen LogP contribution in [-0.4, -0.2) is 30.8 Å². The van der Waals surface area contributed by atoms with E-state index < -0.39 is 15.8 Å². The van der Waals surface area contributed by atoms with Crippen molar-refractivity contribution in [3.05, 3.63) is 59.2 Å². The number of amides is 1. The third kappa shape index (κ3) is 3.69. The summed E-state index contributed by atoms with van der Waals surface area (Å²) in [5.74, 6) is -0.636. The molecule has 2 heterocycles. The highest BCUT2D eigenvalue weighted by molar-refractivity contribution is 7.91. The zero-order valence-corrected chi connectivity index (χ0v) is 17.5. The Morgan fingerprint density at radius 3 is 2.61 bits per heavy atom. The van der Waals surface area contributed by atoms with E-state index in [1.165, 1.54) is 11.3 Å². The number of carbonyl (C=O) groups excluding carboxylic acids is 1. The summed E-state index contributed by atoms with van der Waals surface area (Å²) in [5, 5.41) is 0.627. The topological polar surface area (TPSA) is 67.3 Å². The van der Waals surface area contributed by atoms with Crippen LogP contribution in [0.5, 0.6) is 0 Å². The molecule has 0 saturated carbocycles. The van der Waals surface area contributed by atoms with Crippen LogP contribution < -0.4 is 4.90 Å². The second-order valence-corrected chi connectivity index (χ2v) is 10.6. The number of fused-ring (bicyclic) bond motifs is 1. The number of aryl methyl sites for hydroxylation is 2. The molecule has 0 bridgehead atoms. The van der Waals surface area contributed by atoms with Crippen LogP contribution in [0.2, 0.25) is 0 Å². The van der Waals surface area contributed by atoms with Crippen molar-refractivity contribution in [2.45, 2.75) is 26.8 Å². The van der Waals surface area contributed by atoms with Crippen LogP contribution in [0.25, 0.3) is 10.2 Å². The lowest BCUT2D eigenvalue weighted by atomic mass is 10.1. The van der Waals surface area contributed by atoms with Crippen LogP contribution in [0.1, 0.15) is 23.1 Å². The van der Waals surface area contributed by atoms with Gasteiger partial charge in [0.05, 0.1) is 34.2 Å². The monoisotopic (exact) mass is 414 g/mol. The molecule has 1 aliphatic heterocycles. The molecule has 2 aromatic carbocycles. The van der Waals surface area contributed by atoms with E-state index in [0.29, 0.717) is 18.1 Å². The van der Waals surface area contributed by atoms with Gasteiger partial charge in [-0.15, -0.1) is 0 Å². The highest BCUT2D eigenvalue weighted by Gasteiger charge is 2.36. The van der Waals surface area contributed by atoms with Crippen LogP contribution in [-0.2, 0) is 21.2 Å². The minimum Gasteiger partial charge on any atom is -0.283 e. The van der Waals surface area contributed by atoms with Gasteiger partial charge in [-0.1, -0.05) is 47.7 Å². The molecule has 3 aromatic rings. The molecule has 1 aromatic heterocycles. The molecule has 0 spiro atoms. The van der Waals surface area contributed by atoms with E-state index in [4.69, 9.17) is 4.98 Å².